The molecule has 0 spiro atoms. The molecule has 2 aromatic rings. The Labute approximate surface area is 120 Å². The summed E-state index contributed by atoms with van der Waals surface area (Å²) in [6.45, 7) is 7.74. The van der Waals surface area contributed by atoms with E-state index in [1.165, 1.54) is 16.0 Å². The standard InChI is InChI=1S/C17H23NS/c1-14-10-12-19-16(14)13-18-17(2,3)11-9-15-7-5-4-6-8-15/h4-8,10,12,18H,9,11,13H2,1-3H3. The van der Waals surface area contributed by atoms with Crippen LogP contribution in [0.4, 0.5) is 0 Å². The fourth-order valence-corrected chi connectivity index (χ4v) is 2.94. The number of hydrogen-bond acceptors (Lipinski definition) is 2. The van der Waals surface area contributed by atoms with Crippen LogP contribution < -0.4 is 5.32 Å². The van der Waals surface area contributed by atoms with Crippen LogP contribution in [0.2, 0.25) is 0 Å². The molecule has 0 aliphatic rings. The van der Waals surface area contributed by atoms with E-state index in [1.54, 1.807) is 0 Å². The van der Waals surface area contributed by atoms with E-state index in [0.717, 1.165) is 19.4 Å². The molecule has 1 N–H and O–H groups in total. The lowest BCUT2D eigenvalue weighted by molar-refractivity contribution is 0.361. The van der Waals surface area contributed by atoms with Crippen molar-refractivity contribution in [2.45, 2.75) is 45.7 Å². The fraction of sp³-hybridized carbons (Fsp3) is 0.412. The summed E-state index contributed by atoms with van der Waals surface area (Å²) in [6, 6.07) is 12.9. The van der Waals surface area contributed by atoms with Gasteiger partial charge in [0.1, 0.15) is 0 Å². The Balaban J connectivity index is 1.83. The molecule has 1 heterocycles. The van der Waals surface area contributed by atoms with E-state index in [2.05, 4.69) is 67.9 Å². The van der Waals surface area contributed by atoms with Crippen molar-refractivity contribution in [3.8, 4) is 0 Å². The molecule has 1 aromatic carbocycles. The van der Waals surface area contributed by atoms with Crippen LogP contribution in [0.5, 0.6) is 0 Å². The van der Waals surface area contributed by atoms with Crippen LogP contribution in [0.25, 0.3) is 0 Å². The third-order valence-electron chi connectivity index (χ3n) is 3.58. The first-order valence-electron chi connectivity index (χ1n) is 6.89. The van der Waals surface area contributed by atoms with Gasteiger partial charge in [-0.1, -0.05) is 30.3 Å². The van der Waals surface area contributed by atoms with Gasteiger partial charge in [-0.15, -0.1) is 11.3 Å². The monoisotopic (exact) mass is 273 g/mol. The third-order valence-corrected chi connectivity index (χ3v) is 4.60. The maximum atomic E-state index is 3.68. The molecule has 0 radical (unpaired) electrons. The molecule has 2 rings (SSSR count). The summed E-state index contributed by atoms with van der Waals surface area (Å²) in [5.74, 6) is 0. The highest BCUT2D eigenvalue weighted by molar-refractivity contribution is 7.10. The minimum absolute atomic E-state index is 0.173. The van der Waals surface area contributed by atoms with E-state index >= 15 is 0 Å². The van der Waals surface area contributed by atoms with Crippen LogP contribution in [-0.4, -0.2) is 5.54 Å². The van der Waals surface area contributed by atoms with E-state index in [4.69, 9.17) is 0 Å². The van der Waals surface area contributed by atoms with Crippen molar-refractivity contribution >= 4 is 11.3 Å². The second-order valence-electron chi connectivity index (χ2n) is 5.75. The average Bonchev–Trinajstić information content (AvgIpc) is 2.81. The second-order valence-corrected chi connectivity index (χ2v) is 6.75. The highest BCUT2D eigenvalue weighted by atomic mass is 32.1. The minimum atomic E-state index is 0.173. The first-order valence-corrected chi connectivity index (χ1v) is 7.77. The van der Waals surface area contributed by atoms with Gasteiger partial charge in [-0.2, -0.15) is 0 Å². The Hall–Kier alpha value is -1.12. The van der Waals surface area contributed by atoms with Crippen molar-refractivity contribution in [2.24, 2.45) is 0 Å². The Morgan fingerprint density at radius 1 is 1.11 bits per heavy atom. The summed E-state index contributed by atoms with van der Waals surface area (Å²) in [4.78, 5) is 1.45. The summed E-state index contributed by atoms with van der Waals surface area (Å²) in [5, 5.41) is 5.85. The molecule has 0 atom stereocenters. The summed E-state index contributed by atoms with van der Waals surface area (Å²) in [6.07, 6.45) is 2.28. The smallest absolute Gasteiger partial charge is 0.0307 e. The van der Waals surface area contributed by atoms with E-state index in [9.17, 15) is 0 Å². The minimum Gasteiger partial charge on any atom is -0.307 e. The molecule has 0 saturated heterocycles. The summed E-state index contributed by atoms with van der Waals surface area (Å²) in [5.41, 5.74) is 2.99. The molecule has 0 fully saturated rings. The molecule has 0 saturated carbocycles. The molecule has 0 amide bonds. The number of aryl methyl sites for hydroxylation is 2. The van der Waals surface area contributed by atoms with Gasteiger partial charge in [0.05, 0.1) is 0 Å². The zero-order valence-electron chi connectivity index (χ0n) is 12.1. The number of rotatable bonds is 6. The first kappa shape index (κ1) is 14.3. The Morgan fingerprint density at radius 3 is 2.47 bits per heavy atom. The van der Waals surface area contributed by atoms with Gasteiger partial charge in [0.2, 0.25) is 0 Å². The zero-order chi connectivity index (χ0) is 13.7. The largest absolute Gasteiger partial charge is 0.307 e. The summed E-state index contributed by atoms with van der Waals surface area (Å²) in [7, 11) is 0. The predicted octanol–water partition coefficient (Wildman–Crippen LogP) is 4.56. The summed E-state index contributed by atoms with van der Waals surface area (Å²) >= 11 is 1.84. The maximum absolute atomic E-state index is 3.68. The van der Waals surface area contributed by atoms with Crippen molar-refractivity contribution in [3.63, 3.8) is 0 Å². The Bertz CT molecular complexity index is 499. The summed E-state index contributed by atoms with van der Waals surface area (Å²) < 4.78 is 0. The van der Waals surface area contributed by atoms with Gasteiger partial charge in [-0.25, -0.2) is 0 Å². The number of hydrogen-bond donors (Lipinski definition) is 1. The number of benzene rings is 1. The molecule has 0 aliphatic heterocycles. The SMILES string of the molecule is Cc1ccsc1CNC(C)(C)CCc1ccccc1. The zero-order valence-corrected chi connectivity index (χ0v) is 12.9. The lowest BCUT2D eigenvalue weighted by Crippen LogP contribution is -2.39. The topological polar surface area (TPSA) is 12.0 Å². The van der Waals surface area contributed by atoms with Gasteiger partial charge in [0.15, 0.2) is 0 Å². The van der Waals surface area contributed by atoms with E-state index < -0.39 is 0 Å². The molecule has 0 unspecified atom stereocenters. The molecular weight excluding hydrogens is 250 g/mol. The lowest BCUT2D eigenvalue weighted by Gasteiger charge is -2.26. The Morgan fingerprint density at radius 2 is 1.84 bits per heavy atom. The molecular formula is C17H23NS. The average molecular weight is 273 g/mol. The van der Waals surface area contributed by atoms with E-state index in [0.29, 0.717) is 0 Å². The number of thiophene rings is 1. The quantitative estimate of drug-likeness (QED) is 0.813. The van der Waals surface area contributed by atoms with Crippen LogP contribution in [0.1, 0.15) is 36.3 Å². The predicted molar refractivity (Wildman–Crippen MR) is 84.7 cm³/mol. The van der Waals surface area contributed by atoms with Crippen LogP contribution in [0, 0.1) is 6.92 Å². The van der Waals surface area contributed by atoms with Crippen LogP contribution in [0.15, 0.2) is 41.8 Å². The molecule has 2 heteroatoms. The van der Waals surface area contributed by atoms with Crippen molar-refractivity contribution in [2.75, 3.05) is 0 Å². The number of nitrogens with one attached hydrogen (secondary N) is 1. The molecule has 102 valence electrons. The van der Waals surface area contributed by atoms with E-state index in [1.807, 2.05) is 11.3 Å². The van der Waals surface area contributed by atoms with Crippen molar-refractivity contribution < 1.29 is 0 Å². The molecule has 19 heavy (non-hydrogen) atoms. The molecule has 0 bridgehead atoms. The van der Waals surface area contributed by atoms with Gasteiger partial charge in [0, 0.05) is 17.0 Å². The molecule has 0 aliphatic carbocycles. The van der Waals surface area contributed by atoms with Gasteiger partial charge in [0.25, 0.3) is 0 Å². The van der Waals surface area contributed by atoms with Gasteiger partial charge in [-0.05, 0) is 56.2 Å². The second kappa shape index (κ2) is 6.36. The van der Waals surface area contributed by atoms with Crippen LogP contribution >= 0.6 is 11.3 Å². The normalized spacial score (nSPS) is 11.7. The van der Waals surface area contributed by atoms with Crippen LogP contribution in [-0.2, 0) is 13.0 Å². The Kier molecular flexibility index (Phi) is 4.78. The van der Waals surface area contributed by atoms with E-state index in [-0.39, 0.29) is 5.54 Å². The van der Waals surface area contributed by atoms with Gasteiger partial charge < -0.3 is 5.32 Å². The van der Waals surface area contributed by atoms with Gasteiger partial charge in [-0.3, -0.25) is 0 Å². The maximum Gasteiger partial charge on any atom is 0.0307 e. The third kappa shape index (κ3) is 4.48. The van der Waals surface area contributed by atoms with Crippen molar-refractivity contribution in [3.05, 3.63) is 57.8 Å². The van der Waals surface area contributed by atoms with Crippen molar-refractivity contribution in [1.29, 1.82) is 0 Å². The lowest BCUT2D eigenvalue weighted by atomic mass is 9.95. The van der Waals surface area contributed by atoms with Gasteiger partial charge >= 0.3 is 0 Å². The first-order chi connectivity index (χ1) is 9.07. The fourth-order valence-electron chi connectivity index (χ4n) is 2.09. The molecule has 1 aromatic heterocycles. The van der Waals surface area contributed by atoms with Crippen molar-refractivity contribution in [1.82, 2.24) is 5.32 Å². The highest BCUT2D eigenvalue weighted by Gasteiger charge is 2.17. The highest BCUT2D eigenvalue weighted by Crippen LogP contribution is 2.18. The van der Waals surface area contributed by atoms with Crippen LogP contribution in [0.3, 0.4) is 0 Å². The molecule has 1 nitrogen and oxygen atoms in total.